The lowest BCUT2D eigenvalue weighted by atomic mass is 10.1. The maximum atomic E-state index is 11.9. The number of amides is 2. The second-order valence-electron chi connectivity index (χ2n) is 5.02. The number of halogens is 1. The number of hydrogen-bond acceptors (Lipinski definition) is 2. The predicted molar refractivity (Wildman–Crippen MR) is 78.3 cm³/mol. The summed E-state index contributed by atoms with van der Waals surface area (Å²) >= 11 is 5.79. The largest absolute Gasteiger partial charge is 0.352 e. The van der Waals surface area contributed by atoms with Crippen molar-refractivity contribution in [2.24, 2.45) is 0 Å². The van der Waals surface area contributed by atoms with Crippen LogP contribution in [0.4, 0.5) is 0 Å². The Morgan fingerprint density at radius 1 is 1.10 bits per heavy atom. The van der Waals surface area contributed by atoms with Crippen LogP contribution in [0.15, 0.2) is 24.3 Å². The molecule has 1 saturated heterocycles. The van der Waals surface area contributed by atoms with Gasteiger partial charge in [0.2, 0.25) is 11.8 Å². The van der Waals surface area contributed by atoms with Crippen molar-refractivity contribution in [3.63, 3.8) is 0 Å². The first-order valence-electron chi connectivity index (χ1n) is 6.94. The van der Waals surface area contributed by atoms with Crippen molar-refractivity contribution in [2.75, 3.05) is 13.1 Å². The molecule has 0 radical (unpaired) electrons. The Balaban J connectivity index is 1.74. The van der Waals surface area contributed by atoms with Gasteiger partial charge in [-0.25, -0.2) is 0 Å². The van der Waals surface area contributed by atoms with E-state index in [9.17, 15) is 9.59 Å². The Morgan fingerprint density at radius 2 is 1.75 bits per heavy atom. The van der Waals surface area contributed by atoms with E-state index in [1.807, 2.05) is 12.1 Å². The molecular weight excluding hydrogens is 276 g/mol. The summed E-state index contributed by atoms with van der Waals surface area (Å²) in [4.78, 5) is 25.4. The topological polar surface area (TPSA) is 49.4 Å². The molecule has 108 valence electrons. The number of hydrogen-bond donors (Lipinski definition) is 1. The zero-order valence-electron chi connectivity index (χ0n) is 11.4. The van der Waals surface area contributed by atoms with Crippen LogP contribution in [0.5, 0.6) is 0 Å². The van der Waals surface area contributed by atoms with E-state index in [0.29, 0.717) is 11.6 Å². The summed E-state index contributed by atoms with van der Waals surface area (Å²) in [5.74, 6) is -0.297. The number of rotatable bonds is 4. The molecule has 1 N–H and O–H groups in total. The van der Waals surface area contributed by atoms with Crippen LogP contribution in [-0.2, 0) is 16.1 Å². The van der Waals surface area contributed by atoms with Gasteiger partial charge < -0.3 is 10.2 Å². The summed E-state index contributed by atoms with van der Waals surface area (Å²) in [6.07, 6.45) is 3.19. The normalized spacial score (nSPS) is 14.9. The van der Waals surface area contributed by atoms with Gasteiger partial charge in [0, 0.05) is 24.7 Å². The van der Waals surface area contributed by atoms with E-state index in [0.717, 1.165) is 31.5 Å². The highest BCUT2D eigenvalue weighted by Gasteiger charge is 2.18. The van der Waals surface area contributed by atoms with Gasteiger partial charge in [0.25, 0.3) is 0 Å². The number of nitrogens with one attached hydrogen (secondary N) is 1. The Hall–Kier alpha value is -1.55. The van der Waals surface area contributed by atoms with Gasteiger partial charge in [-0.3, -0.25) is 9.59 Å². The van der Waals surface area contributed by atoms with Crippen molar-refractivity contribution in [2.45, 2.75) is 32.2 Å². The van der Waals surface area contributed by atoms with Gasteiger partial charge in [-0.2, -0.15) is 0 Å². The smallest absolute Gasteiger partial charge is 0.232 e. The van der Waals surface area contributed by atoms with Crippen LogP contribution in [0, 0.1) is 0 Å². The summed E-state index contributed by atoms with van der Waals surface area (Å²) in [7, 11) is 0. The Kier molecular flexibility index (Phi) is 5.41. The Labute approximate surface area is 124 Å². The molecule has 20 heavy (non-hydrogen) atoms. The quantitative estimate of drug-likeness (QED) is 0.867. The second-order valence-corrected chi connectivity index (χ2v) is 5.46. The summed E-state index contributed by atoms with van der Waals surface area (Å²) in [6, 6.07) is 7.27. The van der Waals surface area contributed by atoms with Gasteiger partial charge >= 0.3 is 0 Å². The average molecular weight is 295 g/mol. The van der Waals surface area contributed by atoms with Crippen LogP contribution >= 0.6 is 11.6 Å². The van der Waals surface area contributed by atoms with Crippen molar-refractivity contribution >= 4 is 23.4 Å². The lowest BCUT2D eigenvalue weighted by Gasteiger charge is -2.26. The summed E-state index contributed by atoms with van der Waals surface area (Å²) in [5.41, 5.74) is 0.966. The molecule has 1 aliphatic rings. The Bertz CT molecular complexity index is 467. The number of benzene rings is 1. The van der Waals surface area contributed by atoms with E-state index in [4.69, 9.17) is 11.6 Å². The van der Waals surface area contributed by atoms with Crippen LogP contribution in [0.25, 0.3) is 0 Å². The van der Waals surface area contributed by atoms with Gasteiger partial charge in [0.05, 0.1) is 0 Å². The third kappa shape index (κ3) is 4.53. The van der Waals surface area contributed by atoms with Crippen molar-refractivity contribution < 1.29 is 9.59 Å². The highest BCUT2D eigenvalue weighted by atomic mass is 35.5. The molecule has 0 atom stereocenters. The number of nitrogens with zero attached hydrogens (tertiary/aromatic N) is 1. The molecule has 0 unspecified atom stereocenters. The van der Waals surface area contributed by atoms with E-state index in [1.165, 1.54) is 6.42 Å². The summed E-state index contributed by atoms with van der Waals surface area (Å²) in [5, 5.41) is 3.43. The zero-order chi connectivity index (χ0) is 14.4. The van der Waals surface area contributed by atoms with E-state index in [2.05, 4.69) is 5.32 Å². The zero-order valence-corrected chi connectivity index (χ0v) is 12.2. The fourth-order valence-electron chi connectivity index (χ4n) is 2.26. The molecule has 1 fully saturated rings. The van der Waals surface area contributed by atoms with Gasteiger partial charge in [-0.15, -0.1) is 0 Å². The van der Waals surface area contributed by atoms with E-state index in [-0.39, 0.29) is 18.2 Å². The van der Waals surface area contributed by atoms with Gasteiger partial charge in [0.15, 0.2) is 0 Å². The van der Waals surface area contributed by atoms with E-state index >= 15 is 0 Å². The van der Waals surface area contributed by atoms with Crippen LogP contribution in [-0.4, -0.2) is 29.8 Å². The van der Waals surface area contributed by atoms with Crippen LogP contribution < -0.4 is 5.32 Å². The SMILES string of the molecule is O=C(CC(=O)N1CCCCC1)NCc1ccc(Cl)cc1. The molecule has 0 aromatic heterocycles. The molecule has 1 aliphatic heterocycles. The average Bonchev–Trinajstić information content (AvgIpc) is 2.47. The number of carbonyl (C=O) groups excluding carboxylic acids is 2. The highest BCUT2D eigenvalue weighted by molar-refractivity contribution is 6.30. The van der Waals surface area contributed by atoms with Crippen molar-refractivity contribution in [3.05, 3.63) is 34.9 Å². The highest BCUT2D eigenvalue weighted by Crippen LogP contribution is 2.11. The molecule has 1 aromatic carbocycles. The van der Waals surface area contributed by atoms with E-state index < -0.39 is 0 Å². The molecule has 2 rings (SSSR count). The number of likely N-dealkylation sites (tertiary alicyclic amines) is 1. The first-order chi connectivity index (χ1) is 9.65. The monoisotopic (exact) mass is 294 g/mol. The van der Waals surface area contributed by atoms with Gasteiger partial charge in [-0.1, -0.05) is 23.7 Å². The second kappa shape index (κ2) is 7.29. The molecule has 0 aliphatic carbocycles. The number of piperidine rings is 1. The van der Waals surface area contributed by atoms with Gasteiger partial charge in [-0.05, 0) is 37.0 Å². The minimum absolute atomic E-state index is 0.0619. The molecule has 0 spiro atoms. The maximum Gasteiger partial charge on any atom is 0.232 e. The van der Waals surface area contributed by atoms with Crippen molar-refractivity contribution in [3.8, 4) is 0 Å². The standard InChI is InChI=1S/C15H19ClN2O2/c16-13-6-4-12(5-7-13)11-17-14(19)10-15(20)18-8-2-1-3-9-18/h4-7H,1-3,8-11H2,(H,17,19). The number of carbonyl (C=O) groups is 2. The molecule has 0 saturated carbocycles. The van der Waals surface area contributed by atoms with Crippen LogP contribution in [0.2, 0.25) is 5.02 Å². The van der Waals surface area contributed by atoms with Crippen molar-refractivity contribution in [1.29, 1.82) is 0 Å². The minimum atomic E-state index is -0.226. The molecule has 0 bridgehead atoms. The van der Waals surface area contributed by atoms with Crippen LogP contribution in [0.3, 0.4) is 0 Å². The predicted octanol–water partition coefficient (Wildman–Crippen LogP) is 2.36. The fraction of sp³-hybridized carbons (Fsp3) is 0.467. The fourth-order valence-corrected chi connectivity index (χ4v) is 2.38. The van der Waals surface area contributed by atoms with E-state index in [1.54, 1.807) is 17.0 Å². The van der Waals surface area contributed by atoms with Gasteiger partial charge in [0.1, 0.15) is 6.42 Å². The first kappa shape index (κ1) is 14.9. The first-order valence-corrected chi connectivity index (χ1v) is 7.32. The lowest BCUT2D eigenvalue weighted by molar-refractivity contribution is -0.136. The molecule has 4 nitrogen and oxygen atoms in total. The van der Waals surface area contributed by atoms with Crippen molar-refractivity contribution in [1.82, 2.24) is 10.2 Å². The molecular formula is C15H19ClN2O2. The summed E-state index contributed by atoms with van der Waals surface area (Å²) < 4.78 is 0. The lowest BCUT2D eigenvalue weighted by Crippen LogP contribution is -2.38. The third-order valence-corrected chi connectivity index (χ3v) is 3.68. The molecule has 1 aromatic rings. The Morgan fingerprint density at radius 3 is 2.40 bits per heavy atom. The molecule has 2 amide bonds. The van der Waals surface area contributed by atoms with Crippen LogP contribution in [0.1, 0.15) is 31.2 Å². The minimum Gasteiger partial charge on any atom is -0.352 e. The molecule has 1 heterocycles. The third-order valence-electron chi connectivity index (χ3n) is 3.42. The molecule has 5 heteroatoms. The summed E-state index contributed by atoms with van der Waals surface area (Å²) in [6.45, 7) is 1.98. The maximum absolute atomic E-state index is 11.9.